The van der Waals surface area contributed by atoms with Gasteiger partial charge in [-0.1, -0.05) is 29.8 Å². The Bertz CT molecular complexity index is 543. The predicted octanol–water partition coefficient (Wildman–Crippen LogP) is 4.61. The molecule has 2 aromatic rings. The number of rotatable bonds is 1. The number of phenols is 1. The summed E-state index contributed by atoms with van der Waals surface area (Å²) in [6.07, 6.45) is 0. The van der Waals surface area contributed by atoms with Gasteiger partial charge >= 0.3 is 0 Å². The van der Waals surface area contributed by atoms with Gasteiger partial charge in [0, 0.05) is 11.1 Å². The number of benzene rings is 2. The van der Waals surface area contributed by atoms with E-state index < -0.39 is 5.82 Å². The first-order valence-electron chi connectivity index (χ1n) is 4.53. The SMILES string of the molecule is Oc1ccccc1-c1c(Cl)ccc(Br)c1F. The Kier molecular flexibility index (Phi) is 3.17. The molecule has 0 aliphatic rings. The van der Waals surface area contributed by atoms with Crippen molar-refractivity contribution in [3.63, 3.8) is 0 Å². The van der Waals surface area contributed by atoms with Gasteiger partial charge in [-0.05, 0) is 34.1 Å². The van der Waals surface area contributed by atoms with Crippen LogP contribution >= 0.6 is 27.5 Å². The second-order valence-corrected chi connectivity index (χ2v) is 4.50. The van der Waals surface area contributed by atoms with Crippen LogP contribution in [0.4, 0.5) is 4.39 Å². The second kappa shape index (κ2) is 4.44. The van der Waals surface area contributed by atoms with E-state index in [1.165, 1.54) is 12.1 Å². The van der Waals surface area contributed by atoms with Crippen LogP contribution in [0.3, 0.4) is 0 Å². The molecule has 2 aromatic carbocycles. The van der Waals surface area contributed by atoms with Gasteiger partial charge in [0.05, 0.1) is 9.50 Å². The lowest BCUT2D eigenvalue weighted by Crippen LogP contribution is -1.88. The van der Waals surface area contributed by atoms with Gasteiger partial charge in [-0.15, -0.1) is 0 Å². The van der Waals surface area contributed by atoms with Gasteiger partial charge in [0.2, 0.25) is 0 Å². The number of halogens is 3. The molecule has 0 aliphatic carbocycles. The number of hydrogen-bond acceptors (Lipinski definition) is 1. The molecule has 0 radical (unpaired) electrons. The summed E-state index contributed by atoms with van der Waals surface area (Å²) in [5, 5.41) is 9.93. The smallest absolute Gasteiger partial charge is 0.146 e. The third kappa shape index (κ3) is 1.93. The average molecular weight is 302 g/mol. The van der Waals surface area contributed by atoms with Gasteiger partial charge < -0.3 is 5.11 Å². The molecule has 0 saturated heterocycles. The Morgan fingerprint density at radius 1 is 1.12 bits per heavy atom. The summed E-state index contributed by atoms with van der Waals surface area (Å²) in [7, 11) is 0. The lowest BCUT2D eigenvalue weighted by molar-refractivity contribution is 0.476. The molecule has 2 rings (SSSR count). The highest BCUT2D eigenvalue weighted by atomic mass is 79.9. The van der Waals surface area contributed by atoms with Crippen LogP contribution in [0.1, 0.15) is 0 Å². The van der Waals surface area contributed by atoms with Crippen LogP contribution in [-0.4, -0.2) is 5.11 Å². The van der Waals surface area contributed by atoms with Crippen molar-refractivity contribution < 1.29 is 9.50 Å². The summed E-state index contributed by atoms with van der Waals surface area (Å²) in [6.45, 7) is 0. The third-order valence-corrected chi connectivity index (χ3v) is 3.14. The minimum atomic E-state index is -0.478. The molecule has 1 N–H and O–H groups in total. The zero-order valence-electron chi connectivity index (χ0n) is 8.05. The topological polar surface area (TPSA) is 20.2 Å². The van der Waals surface area contributed by atoms with E-state index in [2.05, 4.69) is 15.9 Å². The monoisotopic (exact) mass is 300 g/mol. The molecule has 82 valence electrons. The van der Waals surface area contributed by atoms with Crippen LogP contribution in [0.15, 0.2) is 40.9 Å². The maximum atomic E-state index is 13.9. The lowest BCUT2D eigenvalue weighted by Gasteiger charge is -2.09. The van der Waals surface area contributed by atoms with Crippen molar-refractivity contribution in [3.05, 3.63) is 51.7 Å². The van der Waals surface area contributed by atoms with Crippen LogP contribution in [0.2, 0.25) is 5.02 Å². The molecule has 16 heavy (non-hydrogen) atoms. The molecule has 0 bridgehead atoms. The quantitative estimate of drug-likeness (QED) is 0.762. The van der Waals surface area contributed by atoms with E-state index in [0.717, 1.165) is 0 Å². The van der Waals surface area contributed by atoms with Crippen molar-refractivity contribution in [2.75, 3.05) is 0 Å². The Hall–Kier alpha value is -1.06. The van der Waals surface area contributed by atoms with E-state index in [0.29, 0.717) is 10.0 Å². The van der Waals surface area contributed by atoms with Crippen molar-refractivity contribution in [1.82, 2.24) is 0 Å². The third-order valence-electron chi connectivity index (χ3n) is 2.22. The van der Waals surface area contributed by atoms with Gasteiger partial charge in [-0.25, -0.2) is 4.39 Å². The Morgan fingerprint density at radius 3 is 2.50 bits per heavy atom. The predicted molar refractivity (Wildman–Crippen MR) is 66.2 cm³/mol. The zero-order chi connectivity index (χ0) is 11.7. The van der Waals surface area contributed by atoms with Gasteiger partial charge in [0.15, 0.2) is 0 Å². The maximum absolute atomic E-state index is 13.9. The summed E-state index contributed by atoms with van der Waals surface area (Å²) in [5.74, 6) is -0.476. The molecular weight excluding hydrogens is 294 g/mol. The largest absolute Gasteiger partial charge is 0.507 e. The van der Waals surface area contributed by atoms with Crippen LogP contribution in [0.5, 0.6) is 5.75 Å². The summed E-state index contributed by atoms with van der Waals surface area (Å²) in [5.41, 5.74) is 0.584. The minimum Gasteiger partial charge on any atom is -0.507 e. The molecule has 0 unspecified atom stereocenters. The first kappa shape index (κ1) is 11.4. The molecule has 0 aromatic heterocycles. The molecular formula is C12H7BrClFO. The standard InChI is InChI=1S/C12H7BrClFO/c13-8-5-6-9(14)11(12(8)15)7-3-1-2-4-10(7)16/h1-6,16H. The molecule has 4 heteroatoms. The summed E-state index contributed by atoms with van der Waals surface area (Å²) in [6, 6.07) is 9.60. The molecule has 0 amide bonds. The van der Waals surface area contributed by atoms with E-state index in [4.69, 9.17) is 11.6 Å². The van der Waals surface area contributed by atoms with Gasteiger partial charge in [0.25, 0.3) is 0 Å². The van der Waals surface area contributed by atoms with E-state index in [-0.39, 0.29) is 16.3 Å². The van der Waals surface area contributed by atoms with E-state index in [1.54, 1.807) is 24.3 Å². The molecule has 0 fully saturated rings. The minimum absolute atomic E-state index is 0.00130. The Labute approximate surface area is 106 Å². The first-order valence-corrected chi connectivity index (χ1v) is 5.70. The Morgan fingerprint density at radius 2 is 1.81 bits per heavy atom. The van der Waals surface area contributed by atoms with Gasteiger partial charge in [0.1, 0.15) is 11.6 Å². The van der Waals surface area contributed by atoms with Crippen LogP contribution in [-0.2, 0) is 0 Å². The summed E-state index contributed by atoms with van der Waals surface area (Å²) in [4.78, 5) is 0. The number of phenolic OH excluding ortho intramolecular Hbond substituents is 1. The number of hydrogen-bond donors (Lipinski definition) is 1. The fourth-order valence-corrected chi connectivity index (χ4v) is 2.04. The van der Waals surface area contributed by atoms with E-state index in [9.17, 15) is 9.50 Å². The van der Waals surface area contributed by atoms with Crippen molar-refractivity contribution in [2.24, 2.45) is 0 Å². The van der Waals surface area contributed by atoms with Crippen LogP contribution in [0, 0.1) is 5.82 Å². The highest BCUT2D eigenvalue weighted by Crippen LogP contribution is 2.38. The lowest BCUT2D eigenvalue weighted by atomic mass is 10.0. The normalized spacial score (nSPS) is 10.4. The number of aromatic hydroxyl groups is 1. The zero-order valence-corrected chi connectivity index (χ0v) is 10.4. The summed E-state index contributed by atoms with van der Waals surface area (Å²) >= 11 is 9.02. The molecule has 1 nitrogen and oxygen atoms in total. The fraction of sp³-hybridized carbons (Fsp3) is 0. The molecule has 0 aliphatic heterocycles. The highest BCUT2D eigenvalue weighted by Gasteiger charge is 2.15. The average Bonchev–Trinajstić information content (AvgIpc) is 2.27. The highest BCUT2D eigenvalue weighted by molar-refractivity contribution is 9.10. The summed E-state index contributed by atoms with van der Waals surface area (Å²) < 4.78 is 14.2. The van der Waals surface area contributed by atoms with Crippen molar-refractivity contribution in [2.45, 2.75) is 0 Å². The van der Waals surface area contributed by atoms with E-state index in [1.807, 2.05) is 0 Å². The molecule has 0 spiro atoms. The first-order chi connectivity index (χ1) is 7.61. The van der Waals surface area contributed by atoms with Crippen molar-refractivity contribution in [1.29, 1.82) is 0 Å². The maximum Gasteiger partial charge on any atom is 0.146 e. The molecule has 0 atom stereocenters. The van der Waals surface area contributed by atoms with Gasteiger partial charge in [-0.2, -0.15) is 0 Å². The molecule has 0 saturated carbocycles. The van der Waals surface area contributed by atoms with Crippen molar-refractivity contribution >= 4 is 27.5 Å². The Balaban J connectivity index is 2.74. The number of para-hydroxylation sites is 1. The van der Waals surface area contributed by atoms with Crippen LogP contribution in [0.25, 0.3) is 11.1 Å². The second-order valence-electron chi connectivity index (χ2n) is 3.24. The fourth-order valence-electron chi connectivity index (χ4n) is 1.46. The molecule has 0 heterocycles. The van der Waals surface area contributed by atoms with E-state index >= 15 is 0 Å². The van der Waals surface area contributed by atoms with Gasteiger partial charge in [-0.3, -0.25) is 0 Å². The van der Waals surface area contributed by atoms with Crippen LogP contribution < -0.4 is 0 Å². The van der Waals surface area contributed by atoms with Crippen molar-refractivity contribution in [3.8, 4) is 16.9 Å².